The molecule has 0 bridgehead atoms. The van der Waals surface area contributed by atoms with Crippen LogP contribution in [0.5, 0.6) is 28.7 Å². The van der Waals surface area contributed by atoms with Crippen molar-refractivity contribution in [3.63, 3.8) is 0 Å². The van der Waals surface area contributed by atoms with Crippen LogP contribution < -0.4 is 29.0 Å². The zero-order valence-corrected chi connectivity index (χ0v) is 22.5. The number of rotatable bonds is 11. The Labute approximate surface area is 226 Å². The zero-order chi connectivity index (χ0) is 27.4. The van der Waals surface area contributed by atoms with Crippen molar-refractivity contribution in [1.29, 1.82) is 5.26 Å². The van der Waals surface area contributed by atoms with Crippen LogP contribution in [0.1, 0.15) is 18.4 Å². The van der Waals surface area contributed by atoms with Gasteiger partial charge in [-0.1, -0.05) is 0 Å². The monoisotopic (exact) mass is 532 g/mol. The van der Waals surface area contributed by atoms with Crippen molar-refractivity contribution >= 4 is 17.2 Å². The van der Waals surface area contributed by atoms with E-state index in [0.717, 1.165) is 25.3 Å². The van der Waals surface area contributed by atoms with E-state index in [4.69, 9.17) is 28.7 Å². The third-order valence-electron chi connectivity index (χ3n) is 6.81. The summed E-state index contributed by atoms with van der Waals surface area (Å²) in [4.78, 5) is 7.20. The first-order valence-electron chi connectivity index (χ1n) is 12.7. The number of nitrogens with zero attached hydrogens (tertiary/aromatic N) is 4. The Morgan fingerprint density at radius 1 is 0.949 bits per heavy atom. The molecule has 0 radical (unpaired) electrons. The number of likely N-dealkylation sites (tertiary alicyclic amines) is 1. The molecule has 0 aliphatic carbocycles. The van der Waals surface area contributed by atoms with Gasteiger partial charge in [-0.3, -0.25) is 10.00 Å². The van der Waals surface area contributed by atoms with Gasteiger partial charge in [-0.15, -0.1) is 0 Å². The van der Waals surface area contributed by atoms with Crippen LogP contribution in [0.25, 0.3) is 16.9 Å². The number of ether oxygens (including phenoxy) is 5. The van der Waals surface area contributed by atoms with Gasteiger partial charge in [0.1, 0.15) is 23.9 Å². The number of hydrogen-bond acceptors (Lipinski definition) is 9. The van der Waals surface area contributed by atoms with E-state index >= 15 is 0 Å². The van der Waals surface area contributed by atoms with E-state index in [1.807, 2.05) is 30.3 Å². The third-order valence-corrected chi connectivity index (χ3v) is 6.81. The lowest BCUT2D eigenvalue weighted by atomic mass is 10.1. The molecule has 39 heavy (non-hydrogen) atoms. The lowest BCUT2D eigenvalue weighted by Gasteiger charge is -2.17. The van der Waals surface area contributed by atoms with E-state index in [1.165, 1.54) is 12.8 Å². The average molecular weight is 533 g/mol. The normalized spacial score (nSPS) is 13.3. The van der Waals surface area contributed by atoms with Crippen molar-refractivity contribution in [3.05, 3.63) is 42.1 Å². The minimum atomic E-state index is 0.413. The molecule has 5 rings (SSSR count). The molecule has 4 aromatic rings. The fraction of sp³-hybridized carbons (Fsp3) is 0.357. The maximum Gasteiger partial charge on any atom is 0.203 e. The summed E-state index contributed by atoms with van der Waals surface area (Å²) in [6.07, 6.45) is 4.12. The molecule has 0 spiro atoms. The number of anilines is 2. The molecule has 2 aromatic heterocycles. The third kappa shape index (κ3) is 5.11. The maximum absolute atomic E-state index is 9.62. The highest BCUT2D eigenvalue weighted by Gasteiger charge is 2.22. The van der Waals surface area contributed by atoms with E-state index in [2.05, 4.69) is 21.4 Å². The molecule has 1 saturated heterocycles. The number of hydrogen-bond donors (Lipinski definition) is 2. The number of methoxy groups -OCH3 is 4. The number of benzene rings is 2. The van der Waals surface area contributed by atoms with Crippen LogP contribution in [-0.4, -0.2) is 74.2 Å². The highest BCUT2D eigenvalue weighted by molar-refractivity contribution is 5.83. The topological polar surface area (TPSA) is 118 Å². The minimum Gasteiger partial charge on any atom is -0.493 e. The molecule has 204 valence electrons. The van der Waals surface area contributed by atoms with Gasteiger partial charge in [-0.2, -0.15) is 5.26 Å². The number of H-pyrrole nitrogens is 1. The number of fused-ring (bicyclic) bond motifs is 1. The molecule has 11 nitrogen and oxygen atoms in total. The predicted octanol–water partition coefficient (Wildman–Crippen LogP) is 4.45. The summed E-state index contributed by atoms with van der Waals surface area (Å²) < 4.78 is 30.0. The van der Waals surface area contributed by atoms with Crippen LogP contribution in [0.4, 0.5) is 11.5 Å². The minimum absolute atomic E-state index is 0.413. The van der Waals surface area contributed by atoms with Gasteiger partial charge in [0.25, 0.3) is 0 Å². The Morgan fingerprint density at radius 3 is 2.31 bits per heavy atom. The van der Waals surface area contributed by atoms with Crippen LogP contribution in [0.2, 0.25) is 0 Å². The van der Waals surface area contributed by atoms with Crippen molar-refractivity contribution in [2.45, 2.75) is 12.8 Å². The van der Waals surface area contributed by atoms with Crippen LogP contribution in [0, 0.1) is 11.3 Å². The van der Waals surface area contributed by atoms with Gasteiger partial charge < -0.3 is 29.0 Å². The van der Waals surface area contributed by atoms with Crippen LogP contribution in [0.3, 0.4) is 0 Å². The quantitative estimate of drug-likeness (QED) is 0.289. The molecule has 2 N–H and O–H groups in total. The highest BCUT2D eigenvalue weighted by Crippen LogP contribution is 2.43. The zero-order valence-electron chi connectivity index (χ0n) is 22.5. The summed E-state index contributed by atoms with van der Waals surface area (Å²) in [5.41, 5.74) is 2.94. The maximum atomic E-state index is 9.62. The number of aromatic amines is 1. The second-order valence-corrected chi connectivity index (χ2v) is 9.07. The largest absolute Gasteiger partial charge is 0.493 e. The molecule has 0 saturated carbocycles. The van der Waals surface area contributed by atoms with E-state index in [0.29, 0.717) is 63.6 Å². The lowest BCUT2D eigenvalue weighted by Crippen LogP contribution is -2.25. The summed E-state index contributed by atoms with van der Waals surface area (Å²) in [5.74, 6) is 3.37. The Kier molecular flexibility index (Phi) is 7.65. The fourth-order valence-corrected chi connectivity index (χ4v) is 4.83. The summed E-state index contributed by atoms with van der Waals surface area (Å²) >= 11 is 0. The molecule has 1 fully saturated rings. The van der Waals surface area contributed by atoms with Gasteiger partial charge in [0.2, 0.25) is 5.75 Å². The predicted molar refractivity (Wildman–Crippen MR) is 147 cm³/mol. The molecule has 3 heterocycles. The van der Waals surface area contributed by atoms with Gasteiger partial charge in [0.05, 0.1) is 28.4 Å². The summed E-state index contributed by atoms with van der Waals surface area (Å²) in [6, 6.07) is 11.5. The van der Waals surface area contributed by atoms with Gasteiger partial charge >= 0.3 is 0 Å². The first-order valence-corrected chi connectivity index (χ1v) is 12.7. The van der Waals surface area contributed by atoms with Gasteiger partial charge in [-0.25, -0.2) is 9.50 Å². The average Bonchev–Trinajstić information content (AvgIpc) is 3.71. The summed E-state index contributed by atoms with van der Waals surface area (Å²) in [5, 5.41) is 16.2. The van der Waals surface area contributed by atoms with Crippen LogP contribution >= 0.6 is 0 Å². The first kappa shape index (κ1) is 26.1. The Hall–Kier alpha value is -4.56. The van der Waals surface area contributed by atoms with E-state index in [9.17, 15) is 5.26 Å². The molecule has 0 unspecified atom stereocenters. The lowest BCUT2D eigenvalue weighted by molar-refractivity contribution is 0.230. The molecular weight excluding hydrogens is 500 g/mol. The number of imidazole rings is 1. The van der Waals surface area contributed by atoms with Crippen molar-refractivity contribution in [2.24, 2.45) is 0 Å². The molecule has 1 aliphatic heterocycles. The van der Waals surface area contributed by atoms with Crippen molar-refractivity contribution in [1.82, 2.24) is 19.5 Å². The van der Waals surface area contributed by atoms with Crippen molar-refractivity contribution in [2.75, 3.05) is 60.0 Å². The fourth-order valence-electron chi connectivity index (χ4n) is 4.83. The second-order valence-electron chi connectivity index (χ2n) is 9.07. The van der Waals surface area contributed by atoms with Gasteiger partial charge in [0.15, 0.2) is 34.5 Å². The first-order chi connectivity index (χ1) is 19.1. The molecule has 2 aromatic carbocycles. The number of aromatic nitrogens is 3. The summed E-state index contributed by atoms with van der Waals surface area (Å²) in [6.45, 7) is 3.74. The van der Waals surface area contributed by atoms with Gasteiger partial charge in [-0.05, 0) is 50.2 Å². The molecular formula is C28H32N6O5. The van der Waals surface area contributed by atoms with E-state index in [1.54, 1.807) is 39.2 Å². The molecule has 0 amide bonds. The molecule has 1 aliphatic rings. The van der Waals surface area contributed by atoms with Crippen LogP contribution in [0.15, 0.2) is 36.5 Å². The summed E-state index contributed by atoms with van der Waals surface area (Å²) in [7, 11) is 6.30. The molecule has 0 atom stereocenters. The Morgan fingerprint density at radius 2 is 1.67 bits per heavy atom. The standard InChI is InChI=1S/C28H32N6O5/c1-35-22-15-20(7-8-21(22)39-12-11-33-9-5-6-10-33)31-28-25(32-27-19(16-29)17-30-34(27)28)18-13-23(36-2)26(38-4)24(14-18)37-3/h7-8,13-15,17,30-31H,5-6,9-12H2,1-4H3. The smallest absolute Gasteiger partial charge is 0.203 e. The second kappa shape index (κ2) is 11.4. The van der Waals surface area contributed by atoms with E-state index < -0.39 is 0 Å². The SMILES string of the molecule is COc1cc(Nc2c(-c3cc(OC)c(OC)c(OC)c3)nc3c(C#N)c[nH]n23)ccc1OCCN1CCCC1. The number of nitrogens with one attached hydrogen (secondary N) is 2. The van der Waals surface area contributed by atoms with E-state index in [-0.39, 0.29) is 0 Å². The molecule has 11 heteroatoms. The highest BCUT2D eigenvalue weighted by atomic mass is 16.5. The van der Waals surface area contributed by atoms with Crippen molar-refractivity contribution < 1.29 is 23.7 Å². The Bertz CT molecular complexity index is 1470. The van der Waals surface area contributed by atoms with Crippen molar-refractivity contribution in [3.8, 4) is 46.1 Å². The van der Waals surface area contributed by atoms with Crippen LogP contribution in [-0.2, 0) is 0 Å². The Balaban J connectivity index is 1.49. The van der Waals surface area contributed by atoms with Gasteiger partial charge in [0, 0.05) is 30.1 Å². The number of nitriles is 1.